The second-order valence-corrected chi connectivity index (χ2v) is 1.94. The van der Waals surface area contributed by atoms with Crippen molar-refractivity contribution in [2.45, 2.75) is 6.61 Å². The molecule has 0 saturated carbocycles. The Morgan fingerprint density at radius 1 is 1.58 bits per heavy atom. The number of halogens is 1. The molecule has 0 aliphatic rings. The van der Waals surface area contributed by atoms with E-state index in [1.54, 1.807) is 13.3 Å². The van der Waals surface area contributed by atoms with E-state index >= 15 is 0 Å². The molecule has 0 aromatic carbocycles. The van der Waals surface area contributed by atoms with Crippen LogP contribution in [0.4, 0.5) is 4.39 Å². The predicted molar refractivity (Wildman–Crippen MR) is 42.0 cm³/mol. The monoisotopic (exact) mass is 171 g/mol. The van der Waals surface area contributed by atoms with Gasteiger partial charge in [-0.1, -0.05) is 0 Å². The van der Waals surface area contributed by atoms with E-state index in [9.17, 15) is 4.39 Å². The van der Waals surface area contributed by atoms with Gasteiger partial charge in [-0.15, -0.1) is 0 Å². The first-order chi connectivity index (χ1) is 5.83. The molecule has 0 N–H and O–H groups in total. The second kappa shape index (κ2) is 6.42. The van der Waals surface area contributed by atoms with E-state index in [4.69, 9.17) is 9.53 Å². The lowest BCUT2D eigenvalue weighted by Gasteiger charge is -1.96. The fourth-order valence-electron chi connectivity index (χ4n) is 0.701. The summed E-state index contributed by atoms with van der Waals surface area (Å²) < 4.78 is 17.1. The summed E-state index contributed by atoms with van der Waals surface area (Å²) in [6, 6.07) is 1.40. The minimum Gasteiger partial charge on any atom is -0.380 e. The van der Waals surface area contributed by atoms with Crippen molar-refractivity contribution in [3.05, 3.63) is 29.8 Å². The van der Waals surface area contributed by atoms with Crippen LogP contribution in [0.1, 0.15) is 5.56 Å². The average molecular weight is 171 g/mol. The van der Waals surface area contributed by atoms with Crippen molar-refractivity contribution in [1.82, 2.24) is 4.98 Å². The third-order valence-corrected chi connectivity index (χ3v) is 1.07. The van der Waals surface area contributed by atoms with Gasteiger partial charge in [0.1, 0.15) is 12.6 Å². The van der Waals surface area contributed by atoms with E-state index in [0.29, 0.717) is 6.61 Å². The Morgan fingerprint density at radius 2 is 2.25 bits per heavy atom. The van der Waals surface area contributed by atoms with Gasteiger partial charge in [0.05, 0.1) is 12.8 Å². The summed E-state index contributed by atoms with van der Waals surface area (Å²) in [7, 11) is 1.56. The first kappa shape index (κ1) is 10.7. The van der Waals surface area contributed by atoms with Crippen molar-refractivity contribution in [3.63, 3.8) is 0 Å². The molecule has 3 nitrogen and oxygen atoms in total. The average Bonchev–Trinajstić information content (AvgIpc) is 2.09. The fourth-order valence-corrected chi connectivity index (χ4v) is 0.701. The van der Waals surface area contributed by atoms with Crippen LogP contribution in [-0.4, -0.2) is 18.9 Å². The van der Waals surface area contributed by atoms with Crippen LogP contribution in [0, 0.1) is 5.82 Å². The summed E-state index contributed by atoms with van der Waals surface area (Å²) in [6.07, 6.45) is 2.74. The van der Waals surface area contributed by atoms with E-state index in [2.05, 4.69) is 4.98 Å². The molecular weight excluding hydrogens is 161 g/mol. The summed E-state index contributed by atoms with van der Waals surface area (Å²) in [5, 5.41) is 0. The molecular formula is C8H10FNO2. The van der Waals surface area contributed by atoms with Gasteiger partial charge in [0.15, 0.2) is 0 Å². The van der Waals surface area contributed by atoms with Crippen molar-refractivity contribution in [3.8, 4) is 0 Å². The van der Waals surface area contributed by atoms with Crippen LogP contribution in [0.3, 0.4) is 0 Å². The Bertz CT molecular complexity index is 230. The van der Waals surface area contributed by atoms with E-state index in [-0.39, 0.29) is 5.82 Å². The molecule has 1 heterocycles. The van der Waals surface area contributed by atoms with Crippen molar-refractivity contribution >= 4 is 6.79 Å². The van der Waals surface area contributed by atoms with Crippen LogP contribution in [0.2, 0.25) is 0 Å². The topological polar surface area (TPSA) is 39.2 Å². The maximum atomic E-state index is 12.4. The Balaban J connectivity index is 0.000000561. The summed E-state index contributed by atoms with van der Waals surface area (Å²) in [5.41, 5.74) is 0.752. The number of nitrogens with zero attached hydrogens (tertiary/aromatic N) is 1. The number of carbonyl (C=O) groups excluding carboxylic acids is 1. The van der Waals surface area contributed by atoms with Gasteiger partial charge in [0, 0.05) is 13.3 Å². The highest BCUT2D eigenvalue weighted by Gasteiger charge is 1.93. The van der Waals surface area contributed by atoms with Crippen LogP contribution >= 0.6 is 0 Å². The molecule has 0 atom stereocenters. The van der Waals surface area contributed by atoms with Crippen molar-refractivity contribution < 1.29 is 13.9 Å². The van der Waals surface area contributed by atoms with Gasteiger partial charge < -0.3 is 9.53 Å². The number of aromatic nitrogens is 1. The predicted octanol–water partition coefficient (Wildman–Crippen LogP) is 1.18. The van der Waals surface area contributed by atoms with Crippen molar-refractivity contribution in [1.29, 1.82) is 0 Å². The summed E-state index contributed by atoms with van der Waals surface area (Å²) in [5.74, 6) is -0.324. The van der Waals surface area contributed by atoms with Crippen molar-refractivity contribution in [2.24, 2.45) is 0 Å². The van der Waals surface area contributed by atoms with Gasteiger partial charge in [0.2, 0.25) is 0 Å². The van der Waals surface area contributed by atoms with Gasteiger partial charge in [0.25, 0.3) is 0 Å². The summed E-state index contributed by atoms with van der Waals surface area (Å²) in [4.78, 5) is 11.6. The largest absolute Gasteiger partial charge is 0.380 e. The number of methoxy groups -OCH3 is 1. The number of carbonyl (C=O) groups is 1. The SMILES string of the molecule is C=O.COCc1cncc(F)c1. The molecule has 66 valence electrons. The Labute approximate surface area is 70.2 Å². The zero-order valence-electron chi connectivity index (χ0n) is 6.79. The quantitative estimate of drug-likeness (QED) is 0.670. The van der Waals surface area contributed by atoms with Crippen LogP contribution in [0.15, 0.2) is 18.5 Å². The minimum absolute atomic E-state index is 0.324. The third-order valence-electron chi connectivity index (χ3n) is 1.07. The third kappa shape index (κ3) is 3.78. The molecule has 0 bridgehead atoms. The molecule has 0 aliphatic carbocycles. The lowest BCUT2D eigenvalue weighted by molar-refractivity contribution is -0.0979. The summed E-state index contributed by atoms with van der Waals surface area (Å²) >= 11 is 0. The molecule has 0 spiro atoms. The van der Waals surface area contributed by atoms with E-state index in [1.807, 2.05) is 6.79 Å². The lowest BCUT2D eigenvalue weighted by atomic mass is 10.3. The lowest BCUT2D eigenvalue weighted by Crippen LogP contribution is -1.89. The van der Waals surface area contributed by atoms with Gasteiger partial charge in [-0.05, 0) is 11.6 Å². The van der Waals surface area contributed by atoms with Gasteiger partial charge in [-0.25, -0.2) is 4.39 Å². The molecule has 4 heteroatoms. The smallest absolute Gasteiger partial charge is 0.141 e. The van der Waals surface area contributed by atoms with Crippen LogP contribution < -0.4 is 0 Å². The van der Waals surface area contributed by atoms with Gasteiger partial charge in [-0.2, -0.15) is 0 Å². The molecule has 0 amide bonds. The Hall–Kier alpha value is -1.29. The maximum Gasteiger partial charge on any atom is 0.141 e. The minimum atomic E-state index is -0.324. The molecule has 12 heavy (non-hydrogen) atoms. The second-order valence-electron chi connectivity index (χ2n) is 1.94. The number of hydrogen-bond acceptors (Lipinski definition) is 3. The molecule has 0 aliphatic heterocycles. The number of pyridine rings is 1. The molecule has 0 fully saturated rings. The zero-order chi connectivity index (χ0) is 9.40. The number of rotatable bonds is 2. The van der Waals surface area contributed by atoms with Crippen LogP contribution in [-0.2, 0) is 16.1 Å². The van der Waals surface area contributed by atoms with Crippen LogP contribution in [0.25, 0.3) is 0 Å². The number of ether oxygens (including phenoxy) is 1. The molecule has 0 saturated heterocycles. The molecule has 1 rings (SSSR count). The zero-order valence-corrected chi connectivity index (χ0v) is 6.79. The first-order valence-electron chi connectivity index (χ1n) is 3.20. The molecule has 1 aromatic heterocycles. The molecule has 1 aromatic rings. The van der Waals surface area contributed by atoms with E-state index in [1.165, 1.54) is 12.3 Å². The van der Waals surface area contributed by atoms with Crippen molar-refractivity contribution in [2.75, 3.05) is 7.11 Å². The standard InChI is InChI=1S/C7H8FNO.CH2O/c1-10-5-6-2-7(8)4-9-3-6;1-2/h2-4H,5H2,1H3;1H2. The van der Waals surface area contributed by atoms with Gasteiger partial charge in [-0.3, -0.25) is 4.98 Å². The van der Waals surface area contributed by atoms with Crippen LogP contribution in [0.5, 0.6) is 0 Å². The Morgan fingerprint density at radius 3 is 2.75 bits per heavy atom. The summed E-state index contributed by atoms with van der Waals surface area (Å²) in [6.45, 7) is 2.41. The van der Waals surface area contributed by atoms with E-state index in [0.717, 1.165) is 5.56 Å². The maximum absolute atomic E-state index is 12.4. The highest BCUT2D eigenvalue weighted by molar-refractivity contribution is 5.11. The fraction of sp³-hybridized carbons (Fsp3) is 0.250. The normalized spacial score (nSPS) is 8.50. The Kier molecular flexibility index (Phi) is 5.73. The highest BCUT2D eigenvalue weighted by atomic mass is 19.1. The molecule has 0 unspecified atom stereocenters. The molecule has 0 radical (unpaired) electrons. The van der Waals surface area contributed by atoms with Gasteiger partial charge >= 0.3 is 0 Å². The highest BCUT2D eigenvalue weighted by Crippen LogP contribution is 2.00. The van der Waals surface area contributed by atoms with E-state index < -0.39 is 0 Å². The first-order valence-corrected chi connectivity index (χ1v) is 3.20. The number of hydrogen-bond donors (Lipinski definition) is 0.